The molecule has 0 unspecified atom stereocenters. The predicted molar refractivity (Wildman–Crippen MR) is 67.8 cm³/mol. The van der Waals surface area contributed by atoms with Crippen LogP contribution in [0.25, 0.3) is 0 Å². The van der Waals surface area contributed by atoms with Crippen LogP contribution in [0, 0.1) is 0 Å². The van der Waals surface area contributed by atoms with Gasteiger partial charge in [0.05, 0.1) is 0 Å². The van der Waals surface area contributed by atoms with Gasteiger partial charge in [-0.1, -0.05) is 30.3 Å². The number of carbonyl (C=O) groups is 1. The molecular weight excluding hydrogens is 252 g/mol. The van der Waals surface area contributed by atoms with Gasteiger partial charge in [-0.25, -0.2) is 15.0 Å². The van der Waals surface area contributed by atoms with Crippen LogP contribution in [0.15, 0.2) is 36.5 Å². The molecule has 2 rings (SSSR count). The fraction of sp³-hybridized carbons (Fsp3) is 0.0909. The number of anilines is 1. The first-order valence-corrected chi connectivity index (χ1v) is 6.11. The lowest BCUT2D eigenvalue weighted by Gasteiger charge is -2.04. The molecule has 0 saturated carbocycles. The van der Waals surface area contributed by atoms with E-state index < -0.39 is 0 Å². The second-order valence-corrected chi connectivity index (χ2v) is 4.55. The molecule has 0 bridgehead atoms. The summed E-state index contributed by atoms with van der Waals surface area (Å²) in [5.74, 6) is 0. The van der Waals surface area contributed by atoms with E-state index in [9.17, 15) is 4.79 Å². The number of hydrogen-bond donors (Lipinski definition) is 4. The maximum atomic E-state index is 11.6. The van der Waals surface area contributed by atoms with Gasteiger partial charge in [-0.05, 0) is 16.9 Å². The number of hydrogen-bond acceptors (Lipinski definition) is 4. The predicted octanol–water partition coefficient (Wildman–Crippen LogP) is 1.05. The van der Waals surface area contributed by atoms with Crippen LogP contribution in [-0.4, -0.2) is 16.2 Å². The first-order chi connectivity index (χ1) is 8.78. The lowest BCUT2D eigenvalue weighted by atomic mass is 10.2. The van der Waals surface area contributed by atoms with Crippen molar-refractivity contribution >= 4 is 27.5 Å². The molecule has 2 aromatic rings. The Hall–Kier alpha value is -1.96. The lowest BCUT2D eigenvalue weighted by molar-refractivity contribution is -0.823. The quantitative estimate of drug-likeness (QED) is 0.623. The minimum Gasteiger partial charge on any atom is -0.334 e. The van der Waals surface area contributed by atoms with Crippen LogP contribution < -0.4 is 16.1 Å². The van der Waals surface area contributed by atoms with E-state index in [4.69, 9.17) is 5.21 Å². The number of amides is 2. The Balaban J connectivity index is 1.82. The monoisotopic (exact) mass is 265 g/mol. The number of nitrogens with two attached hydrogens (primary N) is 1. The van der Waals surface area contributed by atoms with Crippen molar-refractivity contribution < 1.29 is 15.5 Å². The number of benzene rings is 1. The van der Waals surface area contributed by atoms with E-state index >= 15 is 0 Å². The summed E-state index contributed by atoms with van der Waals surface area (Å²) in [6, 6.07) is 9.30. The highest BCUT2D eigenvalue weighted by Gasteiger charge is 2.07. The van der Waals surface area contributed by atoms with Crippen LogP contribution in [0.3, 0.4) is 0 Å². The number of quaternary nitrogens is 1. The molecule has 6 nitrogen and oxygen atoms in total. The summed E-state index contributed by atoms with van der Waals surface area (Å²) in [5, 5.41) is 15.1. The Bertz CT molecular complexity index is 515. The van der Waals surface area contributed by atoms with Gasteiger partial charge in [-0.3, -0.25) is 5.32 Å². The van der Waals surface area contributed by atoms with Crippen molar-refractivity contribution in [3.63, 3.8) is 0 Å². The van der Waals surface area contributed by atoms with Gasteiger partial charge in [-0.15, -0.1) is 0 Å². The standard InChI is InChI=1S/C11H12N4O2S/c16-10(12-6-8-4-2-1-3-5-8)14-11-13-7-9(15-17)18-11/h1-5,7,15,17H,6H2,(H2,12,13,14,16)/p+1. The molecule has 0 atom stereocenters. The van der Waals surface area contributed by atoms with Crippen molar-refractivity contribution in [1.29, 1.82) is 0 Å². The molecule has 0 aliphatic heterocycles. The van der Waals surface area contributed by atoms with E-state index in [2.05, 4.69) is 15.6 Å². The van der Waals surface area contributed by atoms with E-state index in [-0.39, 0.29) is 6.03 Å². The van der Waals surface area contributed by atoms with Crippen LogP contribution in [0.4, 0.5) is 14.9 Å². The van der Waals surface area contributed by atoms with Gasteiger partial charge in [0.25, 0.3) is 0 Å². The molecule has 2 amide bonds. The fourth-order valence-corrected chi connectivity index (χ4v) is 1.95. The molecule has 0 fully saturated rings. The summed E-state index contributed by atoms with van der Waals surface area (Å²) >= 11 is 1.19. The van der Waals surface area contributed by atoms with Crippen LogP contribution in [0.5, 0.6) is 0 Å². The summed E-state index contributed by atoms with van der Waals surface area (Å²) < 4.78 is 0. The normalized spacial score (nSPS) is 10.1. The van der Waals surface area contributed by atoms with Gasteiger partial charge in [0.15, 0.2) is 5.13 Å². The van der Waals surface area contributed by atoms with E-state index in [0.717, 1.165) is 11.0 Å². The third kappa shape index (κ3) is 3.52. The second-order valence-electron chi connectivity index (χ2n) is 3.49. The van der Waals surface area contributed by atoms with Gasteiger partial charge in [0.1, 0.15) is 6.20 Å². The largest absolute Gasteiger partial charge is 0.334 e. The van der Waals surface area contributed by atoms with Crippen LogP contribution >= 0.6 is 11.3 Å². The molecule has 94 valence electrons. The Morgan fingerprint density at radius 3 is 2.83 bits per heavy atom. The van der Waals surface area contributed by atoms with Gasteiger partial charge < -0.3 is 5.32 Å². The van der Waals surface area contributed by atoms with E-state index in [1.807, 2.05) is 30.3 Å². The van der Waals surface area contributed by atoms with Crippen molar-refractivity contribution in [2.24, 2.45) is 0 Å². The summed E-state index contributed by atoms with van der Waals surface area (Å²) in [6.45, 7) is 0.455. The highest BCUT2D eigenvalue weighted by Crippen LogP contribution is 2.18. The molecular formula is C11H13N4O2S+. The zero-order valence-electron chi connectivity index (χ0n) is 9.46. The average molecular weight is 265 g/mol. The minimum atomic E-state index is -0.322. The Morgan fingerprint density at radius 2 is 2.17 bits per heavy atom. The second kappa shape index (κ2) is 6.10. The Kier molecular flexibility index (Phi) is 4.24. The van der Waals surface area contributed by atoms with Crippen molar-refractivity contribution in [2.45, 2.75) is 6.54 Å². The lowest BCUT2D eigenvalue weighted by Crippen LogP contribution is -2.73. The van der Waals surface area contributed by atoms with Crippen molar-refractivity contribution in [2.75, 3.05) is 5.32 Å². The molecule has 0 aliphatic carbocycles. The molecule has 1 aromatic carbocycles. The highest BCUT2D eigenvalue weighted by molar-refractivity contribution is 7.18. The van der Waals surface area contributed by atoms with Gasteiger partial charge in [0, 0.05) is 6.54 Å². The topological polar surface area (TPSA) is 90.9 Å². The van der Waals surface area contributed by atoms with Crippen molar-refractivity contribution in [3.8, 4) is 0 Å². The molecule has 0 spiro atoms. The van der Waals surface area contributed by atoms with Gasteiger partial charge in [-0.2, -0.15) is 5.48 Å². The fourth-order valence-electron chi connectivity index (χ4n) is 1.32. The number of thiazole rings is 1. The molecule has 0 radical (unpaired) electrons. The van der Waals surface area contributed by atoms with Crippen molar-refractivity contribution in [3.05, 3.63) is 42.1 Å². The molecule has 1 aromatic heterocycles. The highest BCUT2D eigenvalue weighted by atomic mass is 32.1. The molecule has 7 heteroatoms. The maximum Gasteiger partial charge on any atom is 0.321 e. The third-order valence-electron chi connectivity index (χ3n) is 2.17. The summed E-state index contributed by atoms with van der Waals surface area (Å²) in [6.07, 6.45) is 1.48. The average Bonchev–Trinajstić information content (AvgIpc) is 2.85. The zero-order valence-corrected chi connectivity index (χ0v) is 10.3. The maximum absolute atomic E-state index is 11.6. The molecule has 1 heterocycles. The first kappa shape index (κ1) is 12.5. The molecule has 0 saturated heterocycles. The van der Waals surface area contributed by atoms with Crippen LogP contribution in [-0.2, 0) is 6.54 Å². The van der Waals surface area contributed by atoms with E-state index in [0.29, 0.717) is 16.7 Å². The Labute approximate surface area is 108 Å². The number of nitrogens with one attached hydrogen (secondary N) is 2. The van der Waals surface area contributed by atoms with Gasteiger partial charge in [0.2, 0.25) is 5.00 Å². The number of urea groups is 1. The molecule has 18 heavy (non-hydrogen) atoms. The zero-order chi connectivity index (χ0) is 12.8. The summed E-state index contributed by atoms with van der Waals surface area (Å²) in [5.41, 5.74) is 1.97. The summed E-state index contributed by atoms with van der Waals surface area (Å²) in [4.78, 5) is 15.5. The van der Waals surface area contributed by atoms with E-state index in [1.165, 1.54) is 17.5 Å². The smallest absolute Gasteiger partial charge is 0.321 e. The Morgan fingerprint density at radius 1 is 1.39 bits per heavy atom. The number of rotatable bonds is 4. The number of nitrogens with zero attached hydrogens (tertiary/aromatic N) is 1. The molecule has 0 aliphatic rings. The van der Waals surface area contributed by atoms with Crippen LogP contribution in [0.2, 0.25) is 0 Å². The third-order valence-corrected chi connectivity index (χ3v) is 3.01. The van der Waals surface area contributed by atoms with E-state index in [1.54, 1.807) is 0 Å². The number of carbonyl (C=O) groups excluding carboxylic acids is 1. The minimum absolute atomic E-state index is 0.322. The number of aromatic nitrogens is 1. The first-order valence-electron chi connectivity index (χ1n) is 5.30. The van der Waals surface area contributed by atoms with Gasteiger partial charge >= 0.3 is 6.03 Å². The SMILES string of the molecule is O=C(NCc1ccccc1)Nc1ncc([NH2+]O)s1. The molecule has 5 N–H and O–H groups in total. The van der Waals surface area contributed by atoms with Crippen LogP contribution in [0.1, 0.15) is 5.56 Å². The van der Waals surface area contributed by atoms with Crippen molar-refractivity contribution in [1.82, 2.24) is 10.3 Å². The summed E-state index contributed by atoms with van der Waals surface area (Å²) in [7, 11) is 0.